The number of hydrogen-bond acceptors (Lipinski definition) is 7. The number of amides is 1. The second-order valence-electron chi connectivity index (χ2n) is 6.55. The van der Waals surface area contributed by atoms with E-state index < -0.39 is 5.97 Å². The summed E-state index contributed by atoms with van der Waals surface area (Å²) in [6.45, 7) is 2.18. The van der Waals surface area contributed by atoms with Gasteiger partial charge in [0, 0.05) is 43.4 Å². The van der Waals surface area contributed by atoms with Crippen LogP contribution in [0.4, 0.5) is 17.3 Å². The van der Waals surface area contributed by atoms with Crippen molar-refractivity contribution in [3.8, 4) is 0 Å². The fourth-order valence-electron chi connectivity index (χ4n) is 2.99. The van der Waals surface area contributed by atoms with Crippen LogP contribution in [0.1, 0.15) is 25.7 Å². The van der Waals surface area contributed by atoms with Crippen LogP contribution in [-0.4, -0.2) is 48.1 Å². The van der Waals surface area contributed by atoms with Gasteiger partial charge in [0.1, 0.15) is 0 Å². The Morgan fingerprint density at radius 1 is 1.04 bits per heavy atom. The number of nitrogens with zero attached hydrogens (tertiary/aromatic N) is 3. The number of nitrogens with one attached hydrogen (secondary N) is 2. The summed E-state index contributed by atoms with van der Waals surface area (Å²) >= 11 is 0. The van der Waals surface area contributed by atoms with E-state index in [2.05, 4.69) is 25.5 Å². The molecule has 0 aliphatic carbocycles. The molecular weight excluding hydrogens is 358 g/mol. The first-order chi connectivity index (χ1) is 13.7. The van der Waals surface area contributed by atoms with E-state index in [1.165, 1.54) is 24.9 Å². The summed E-state index contributed by atoms with van der Waals surface area (Å²) in [5.41, 5.74) is 1.85. The summed E-state index contributed by atoms with van der Waals surface area (Å²) in [7, 11) is 0. The van der Waals surface area contributed by atoms with Crippen LogP contribution in [0.15, 0.2) is 42.7 Å². The van der Waals surface area contributed by atoms with Gasteiger partial charge in [0.2, 0.25) is 5.95 Å². The molecule has 1 amide bonds. The Morgan fingerprint density at radius 2 is 1.75 bits per heavy atom. The third-order valence-corrected chi connectivity index (χ3v) is 4.41. The Bertz CT molecular complexity index is 761. The van der Waals surface area contributed by atoms with Crippen LogP contribution in [0.3, 0.4) is 0 Å². The Morgan fingerprint density at radius 3 is 2.46 bits per heavy atom. The summed E-state index contributed by atoms with van der Waals surface area (Å²) in [6.07, 6.45) is 7.07. The highest BCUT2D eigenvalue weighted by atomic mass is 16.5. The first-order valence-corrected chi connectivity index (χ1v) is 9.52. The molecule has 1 aromatic heterocycles. The van der Waals surface area contributed by atoms with Gasteiger partial charge in [0.05, 0.1) is 6.42 Å². The van der Waals surface area contributed by atoms with Crippen molar-refractivity contribution in [2.45, 2.75) is 25.7 Å². The smallest absolute Gasteiger partial charge is 0.308 e. The van der Waals surface area contributed by atoms with Crippen LogP contribution in [0.5, 0.6) is 0 Å². The van der Waals surface area contributed by atoms with E-state index >= 15 is 0 Å². The Labute approximate surface area is 164 Å². The lowest BCUT2D eigenvalue weighted by atomic mass is 10.1. The number of rotatable bonds is 8. The largest absolute Gasteiger partial charge is 0.456 e. The Kier molecular flexibility index (Phi) is 7.17. The van der Waals surface area contributed by atoms with Crippen molar-refractivity contribution in [2.75, 3.05) is 41.8 Å². The van der Waals surface area contributed by atoms with Crippen LogP contribution < -0.4 is 15.5 Å². The van der Waals surface area contributed by atoms with Crippen molar-refractivity contribution in [3.05, 3.63) is 42.7 Å². The zero-order chi connectivity index (χ0) is 19.6. The SMILES string of the molecule is O=C(COC(=O)CCNc1ncccn1)Nc1ccc(N2CCCCC2)cc1. The molecule has 1 aliphatic heterocycles. The first kappa shape index (κ1) is 19.6. The molecule has 0 spiro atoms. The fourth-order valence-corrected chi connectivity index (χ4v) is 2.99. The monoisotopic (exact) mass is 383 g/mol. The van der Waals surface area contributed by atoms with E-state index in [1.807, 2.05) is 24.3 Å². The van der Waals surface area contributed by atoms with E-state index in [0.29, 0.717) is 18.2 Å². The van der Waals surface area contributed by atoms with E-state index in [9.17, 15) is 9.59 Å². The Balaban J connectivity index is 1.35. The van der Waals surface area contributed by atoms with Gasteiger partial charge in [0.15, 0.2) is 6.61 Å². The van der Waals surface area contributed by atoms with Gasteiger partial charge >= 0.3 is 5.97 Å². The lowest BCUT2D eigenvalue weighted by molar-refractivity contribution is -0.147. The van der Waals surface area contributed by atoms with Gasteiger partial charge in [-0.05, 0) is 49.6 Å². The van der Waals surface area contributed by atoms with Crippen molar-refractivity contribution >= 4 is 29.2 Å². The normalized spacial score (nSPS) is 13.6. The molecule has 3 rings (SSSR count). The van der Waals surface area contributed by atoms with Crippen LogP contribution in [0.2, 0.25) is 0 Å². The van der Waals surface area contributed by atoms with Crippen molar-refractivity contribution < 1.29 is 14.3 Å². The predicted molar refractivity (Wildman–Crippen MR) is 107 cm³/mol. The second-order valence-corrected chi connectivity index (χ2v) is 6.55. The van der Waals surface area contributed by atoms with Crippen molar-refractivity contribution in [3.63, 3.8) is 0 Å². The third-order valence-electron chi connectivity index (χ3n) is 4.41. The van der Waals surface area contributed by atoms with Crippen LogP contribution in [-0.2, 0) is 14.3 Å². The molecule has 1 saturated heterocycles. The van der Waals surface area contributed by atoms with Crippen molar-refractivity contribution in [1.29, 1.82) is 0 Å². The number of ether oxygens (including phenoxy) is 1. The lowest BCUT2D eigenvalue weighted by Gasteiger charge is -2.28. The van der Waals surface area contributed by atoms with Gasteiger partial charge in [0.25, 0.3) is 5.91 Å². The molecule has 0 unspecified atom stereocenters. The van der Waals surface area contributed by atoms with Gasteiger partial charge in [-0.3, -0.25) is 9.59 Å². The molecule has 0 atom stereocenters. The highest BCUT2D eigenvalue weighted by Gasteiger charge is 2.11. The van der Waals surface area contributed by atoms with E-state index in [4.69, 9.17) is 4.74 Å². The molecule has 2 N–H and O–H groups in total. The number of hydrogen-bond donors (Lipinski definition) is 2. The maximum absolute atomic E-state index is 12.0. The zero-order valence-electron chi connectivity index (χ0n) is 15.8. The molecule has 8 heteroatoms. The van der Waals surface area contributed by atoms with Gasteiger partial charge in [-0.1, -0.05) is 0 Å². The van der Waals surface area contributed by atoms with E-state index in [1.54, 1.807) is 18.5 Å². The number of piperidine rings is 1. The maximum atomic E-state index is 12.0. The van der Waals surface area contributed by atoms with E-state index in [-0.39, 0.29) is 18.9 Å². The quantitative estimate of drug-likeness (QED) is 0.676. The molecule has 2 aromatic rings. The van der Waals surface area contributed by atoms with Crippen molar-refractivity contribution in [1.82, 2.24) is 9.97 Å². The number of carbonyl (C=O) groups is 2. The van der Waals surface area contributed by atoms with Crippen molar-refractivity contribution in [2.24, 2.45) is 0 Å². The summed E-state index contributed by atoms with van der Waals surface area (Å²) in [5.74, 6) is -0.376. The van der Waals surface area contributed by atoms with Gasteiger partial charge in [-0.15, -0.1) is 0 Å². The molecule has 148 valence electrons. The Hall–Kier alpha value is -3.16. The standard InChI is InChI=1S/C20H25N5O3/c26-18(15-28-19(27)9-12-23-20-21-10-4-11-22-20)24-16-5-7-17(8-6-16)25-13-2-1-3-14-25/h4-8,10-11H,1-3,9,12-15H2,(H,24,26)(H,21,22,23). The average molecular weight is 383 g/mol. The molecule has 1 aliphatic rings. The number of benzene rings is 1. The summed E-state index contributed by atoms with van der Waals surface area (Å²) in [6, 6.07) is 9.45. The average Bonchev–Trinajstić information content (AvgIpc) is 2.74. The number of anilines is 3. The second kappa shape index (κ2) is 10.2. The molecule has 1 fully saturated rings. The molecule has 28 heavy (non-hydrogen) atoms. The summed E-state index contributed by atoms with van der Waals surface area (Å²) < 4.78 is 4.99. The lowest BCUT2D eigenvalue weighted by Crippen LogP contribution is -2.29. The summed E-state index contributed by atoms with van der Waals surface area (Å²) in [5, 5.41) is 5.65. The third kappa shape index (κ3) is 6.22. The topological polar surface area (TPSA) is 96.5 Å². The van der Waals surface area contributed by atoms with Crippen LogP contribution in [0.25, 0.3) is 0 Å². The van der Waals surface area contributed by atoms with Gasteiger partial charge in [-0.25, -0.2) is 9.97 Å². The van der Waals surface area contributed by atoms with E-state index in [0.717, 1.165) is 13.1 Å². The number of esters is 1. The zero-order valence-corrected chi connectivity index (χ0v) is 15.8. The molecule has 0 saturated carbocycles. The summed E-state index contributed by atoms with van der Waals surface area (Å²) in [4.78, 5) is 34.0. The maximum Gasteiger partial charge on any atom is 0.308 e. The molecular formula is C20H25N5O3. The highest BCUT2D eigenvalue weighted by Crippen LogP contribution is 2.21. The number of carbonyl (C=O) groups excluding carboxylic acids is 2. The minimum Gasteiger partial charge on any atom is -0.456 e. The number of aromatic nitrogens is 2. The minimum absolute atomic E-state index is 0.121. The molecule has 1 aromatic carbocycles. The molecule has 2 heterocycles. The predicted octanol–water partition coefficient (Wildman–Crippen LogP) is 2.45. The fraction of sp³-hybridized carbons (Fsp3) is 0.400. The molecule has 8 nitrogen and oxygen atoms in total. The highest BCUT2D eigenvalue weighted by molar-refractivity contribution is 5.92. The molecule has 0 radical (unpaired) electrons. The first-order valence-electron chi connectivity index (χ1n) is 9.52. The van der Waals surface area contributed by atoms with Gasteiger partial charge < -0.3 is 20.3 Å². The minimum atomic E-state index is -0.459. The van der Waals surface area contributed by atoms with Crippen LogP contribution >= 0.6 is 0 Å². The van der Waals surface area contributed by atoms with Crippen LogP contribution in [0, 0.1) is 0 Å². The van der Waals surface area contributed by atoms with Gasteiger partial charge in [-0.2, -0.15) is 0 Å². The molecule has 0 bridgehead atoms.